The van der Waals surface area contributed by atoms with Crippen LogP contribution in [0.1, 0.15) is 51.9 Å². The predicted octanol–water partition coefficient (Wildman–Crippen LogP) is 2.52. The molecule has 0 atom stereocenters. The van der Waals surface area contributed by atoms with E-state index >= 15 is 0 Å². The maximum Gasteiger partial charge on any atom is 0.0537 e. The summed E-state index contributed by atoms with van der Waals surface area (Å²) in [4.78, 5) is 0. The number of hydrogen-bond donors (Lipinski definition) is 1. The van der Waals surface area contributed by atoms with Crippen molar-refractivity contribution in [1.82, 2.24) is 15.1 Å². The van der Waals surface area contributed by atoms with Crippen molar-refractivity contribution in [3.63, 3.8) is 0 Å². The molecule has 0 aliphatic rings. The van der Waals surface area contributed by atoms with Crippen LogP contribution < -0.4 is 5.32 Å². The van der Waals surface area contributed by atoms with Gasteiger partial charge in [0.1, 0.15) is 0 Å². The lowest BCUT2D eigenvalue weighted by atomic mass is 10.2. The first-order valence-electron chi connectivity index (χ1n) is 5.84. The van der Waals surface area contributed by atoms with Gasteiger partial charge in [-0.1, -0.05) is 20.8 Å². The van der Waals surface area contributed by atoms with Gasteiger partial charge in [0.2, 0.25) is 0 Å². The zero-order valence-electron chi connectivity index (χ0n) is 10.5. The first-order valence-corrected chi connectivity index (χ1v) is 5.84. The van der Waals surface area contributed by atoms with Gasteiger partial charge >= 0.3 is 0 Å². The van der Waals surface area contributed by atoms with E-state index in [-0.39, 0.29) is 0 Å². The molecule has 0 bridgehead atoms. The number of rotatable bonds is 5. The first kappa shape index (κ1) is 12.2. The van der Waals surface area contributed by atoms with Gasteiger partial charge in [-0.3, -0.25) is 4.68 Å². The summed E-state index contributed by atoms with van der Waals surface area (Å²) in [6.07, 6.45) is 3.04. The molecule has 0 saturated carbocycles. The van der Waals surface area contributed by atoms with Crippen LogP contribution in [0, 0.1) is 0 Å². The van der Waals surface area contributed by atoms with Gasteiger partial charge < -0.3 is 5.32 Å². The average molecular weight is 209 g/mol. The molecule has 0 aliphatic carbocycles. The summed E-state index contributed by atoms with van der Waals surface area (Å²) in [5, 5.41) is 7.88. The number of nitrogens with zero attached hydrogens (tertiary/aromatic N) is 2. The smallest absolute Gasteiger partial charge is 0.0537 e. The van der Waals surface area contributed by atoms with Crippen LogP contribution in [0.3, 0.4) is 0 Å². The second-order valence-corrected chi connectivity index (χ2v) is 4.54. The highest BCUT2D eigenvalue weighted by Crippen LogP contribution is 2.14. The minimum atomic E-state index is 0.452. The van der Waals surface area contributed by atoms with Crippen molar-refractivity contribution in [2.75, 3.05) is 0 Å². The Morgan fingerprint density at radius 2 is 2.00 bits per heavy atom. The largest absolute Gasteiger partial charge is 0.310 e. The van der Waals surface area contributed by atoms with Crippen molar-refractivity contribution in [3.05, 3.63) is 17.5 Å². The lowest BCUT2D eigenvalue weighted by Crippen LogP contribution is -2.22. The third-order valence-electron chi connectivity index (χ3n) is 2.51. The second-order valence-electron chi connectivity index (χ2n) is 4.54. The Labute approximate surface area is 92.9 Å². The van der Waals surface area contributed by atoms with Crippen molar-refractivity contribution < 1.29 is 0 Å². The minimum absolute atomic E-state index is 0.452. The second kappa shape index (κ2) is 5.31. The molecule has 1 rings (SSSR count). The molecule has 1 aromatic heterocycles. The van der Waals surface area contributed by atoms with Gasteiger partial charge in [0.05, 0.1) is 6.20 Å². The molecule has 86 valence electrons. The summed E-state index contributed by atoms with van der Waals surface area (Å²) in [7, 11) is 0. The highest BCUT2D eigenvalue weighted by atomic mass is 15.3. The fourth-order valence-electron chi connectivity index (χ4n) is 1.72. The van der Waals surface area contributed by atoms with Gasteiger partial charge in [-0.15, -0.1) is 0 Å². The molecule has 1 heterocycles. The Kier molecular flexibility index (Phi) is 4.33. The van der Waals surface area contributed by atoms with Crippen molar-refractivity contribution in [2.24, 2.45) is 0 Å². The van der Waals surface area contributed by atoms with Crippen molar-refractivity contribution in [2.45, 2.75) is 59.7 Å². The Morgan fingerprint density at radius 1 is 1.33 bits per heavy atom. The van der Waals surface area contributed by atoms with Crippen molar-refractivity contribution >= 4 is 0 Å². The molecule has 0 spiro atoms. The van der Waals surface area contributed by atoms with E-state index in [4.69, 9.17) is 0 Å². The van der Waals surface area contributed by atoms with Crippen molar-refractivity contribution in [1.29, 1.82) is 0 Å². The summed E-state index contributed by atoms with van der Waals surface area (Å²) in [5.41, 5.74) is 2.69. The topological polar surface area (TPSA) is 29.9 Å². The van der Waals surface area contributed by atoms with Crippen LogP contribution in [0.2, 0.25) is 0 Å². The molecule has 3 nitrogen and oxygen atoms in total. The number of aromatic nitrogens is 2. The van der Waals surface area contributed by atoms with Gasteiger partial charge in [-0.2, -0.15) is 5.10 Å². The summed E-state index contributed by atoms with van der Waals surface area (Å²) < 4.78 is 2.12. The zero-order chi connectivity index (χ0) is 11.4. The molecule has 0 radical (unpaired) electrons. The van der Waals surface area contributed by atoms with E-state index in [0.29, 0.717) is 12.1 Å². The molecule has 1 N–H and O–H groups in total. The van der Waals surface area contributed by atoms with E-state index in [2.05, 4.69) is 49.7 Å². The minimum Gasteiger partial charge on any atom is -0.310 e. The van der Waals surface area contributed by atoms with Gasteiger partial charge in [-0.05, 0) is 20.3 Å². The monoisotopic (exact) mass is 209 g/mol. The van der Waals surface area contributed by atoms with Crippen LogP contribution in [0.15, 0.2) is 6.20 Å². The molecular formula is C12H23N3. The zero-order valence-corrected chi connectivity index (χ0v) is 10.5. The standard InChI is InChI=1S/C12H23N3/c1-6-12-11(7-13-9(2)3)8-14-15(12)10(4)5/h8-10,13H,6-7H2,1-5H3. The Hall–Kier alpha value is -0.830. The average Bonchev–Trinajstić information content (AvgIpc) is 2.57. The highest BCUT2D eigenvalue weighted by Gasteiger charge is 2.10. The fourth-order valence-corrected chi connectivity index (χ4v) is 1.72. The fraction of sp³-hybridized carbons (Fsp3) is 0.750. The number of nitrogens with one attached hydrogen (secondary N) is 1. The summed E-state index contributed by atoms with van der Waals surface area (Å²) in [6.45, 7) is 11.8. The van der Waals surface area contributed by atoms with Crippen LogP contribution >= 0.6 is 0 Å². The normalized spacial score (nSPS) is 11.7. The van der Waals surface area contributed by atoms with Crippen LogP contribution in [-0.2, 0) is 13.0 Å². The lowest BCUT2D eigenvalue weighted by molar-refractivity contribution is 0.508. The molecule has 1 aromatic rings. The van der Waals surface area contributed by atoms with E-state index in [1.54, 1.807) is 0 Å². The van der Waals surface area contributed by atoms with Crippen LogP contribution in [0.25, 0.3) is 0 Å². The highest BCUT2D eigenvalue weighted by molar-refractivity contribution is 5.18. The van der Waals surface area contributed by atoms with Gasteiger partial charge in [-0.25, -0.2) is 0 Å². The van der Waals surface area contributed by atoms with Gasteiger partial charge in [0.25, 0.3) is 0 Å². The van der Waals surface area contributed by atoms with E-state index in [9.17, 15) is 0 Å². The third kappa shape index (κ3) is 3.06. The van der Waals surface area contributed by atoms with E-state index in [0.717, 1.165) is 13.0 Å². The summed E-state index contributed by atoms with van der Waals surface area (Å²) >= 11 is 0. The Balaban J connectivity index is 2.80. The molecular weight excluding hydrogens is 186 g/mol. The van der Waals surface area contributed by atoms with Crippen LogP contribution in [0.5, 0.6) is 0 Å². The van der Waals surface area contributed by atoms with Gasteiger partial charge in [0.15, 0.2) is 0 Å². The summed E-state index contributed by atoms with van der Waals surface area (Å²) in [5.74, 6) is 0. The summed E-state index contributed by atoms with van der Waals surface area (Å²) in [6, 6.07) is 0.977. The first-order chi connectivity index (χ1) is 7.06. The van der Waals surface area contributed by atoms with E-state index < -0.39 is 0 Å². The van der Waals surface area contributed by atoms with E-state index in [1.165, 1.54) is 11.3 Å². The Morgan fingerprint density at radius 3 is 2.47 bits per heavy atom. The molecule has 0 fully saturated rings. The lowest BCUT2D eigenvalue weighted by Gasteiger charge is -2.12. The molecule has 0 unspecified atom stereocenters. The van der Waals surface area contributed by atoms with Crippen LogP contribution in [0.4, 0.5) is 0 Å². The molecule has 15 heavy (non-hydrogen) atoms. The number of hydrogen-bond acceptors (Lipinski definition) is 2. The quantitative estimate of drug-likeness (QED) is 0.807. The third-order valence-corrected chi connectivity index (χ3v) is 2.51. The Bertz CT molecular complexity index is 300. The molecule has 0 amide bonds. The molecule has 0 aromatic carbocycles. The predicted molar refractivity (Wildman–Crippen MR) is 64.0 cm³/mol. The molecule has 3 heteroatoms. The van der Waals surface area contributed by atoms with Crippen molar-refractivity contribution in [3.8, 4) is 0 Å². The maximum absolute atomic E-state index is 4.44. The van der Waals surface area contributed by atoms with Gasteiger partial charge in [0, 0.05) is 29.9 Å². The van der Waals surface area contributed by atoms with E-state index in [1.807, 2.05) is 6.20 Å². The van der Waals surface area contributed by atoms with Crippen LogP contribution in [-0.4, -0.2) is 15.8 Å². The maximum atomic E-state index is 4.44. The molecule has 0 saturated heterocycles. The SMILES string of the molecule is CCc1c(CNC(C)C)cnn1C(C)C. The molecule has 0 aliphatic heterocycles.